The molecule has 0 spiro atoms. The number of ketones is 1. The van der Waals surface area contributed by atoms with Crippen LogP contribution in [0, 0.1) is 5.82 Å². The van der Waals surface area contributed by atoms with E-state index in [0.717, 1.165) is 24.5 Å². The number of rotatable bonds is 4. The number of carbonyl (C=O) groups excluding carboxylic acids is 1. The number of aryl methyl sites for hydroxylation is 2. The van der Waals surface area contributed by atoms with Gasteiger partial charge in [-0.1, -0.05) is 37.6 Å². The van der Waals surface area contributed by atoms with E-state index in [4.69, 9.17) is 11.6 Å². The normalized spacial score (nSPS) is 10.6. The highest BCUT2D eigenvalue weighted by Crippen LogP contribution is 2.20. The third-order valence-corrected chi connectivity index (χ3v) is 3.64. The van der Waals surface area contributed by atoms with E-state index < -0.39 is 5.82 Å². The first-order valence-corrected chi connectivity index (χ1v) is 7.06. The molecule has 0 saturated heterocycles. The standard InChI is InChI=1S/C17H16ClFO/c1-3-11-5-6-13(9-12(11)4-2)17(20)15-8-7-14(18)10-16(15)19/h5-10H,3-4H2,1-2H3. The van der Waals surface area contributed by atoms with Gasteiger partial charge in [0.1, 0.15) is 5.82 Å². The van der Waals surface area contributed by atoms with Gasteiger partial charge >= 0.3 is 0 Å². The van der Waals surface area contributed by atoms with Crippen molar-refractivity contribution in [2.45, 2.75) is 26.7 Å². The third kappa shape index (κ3) is 2.91. The van der Waals surface area contributed by atoms with E-state index in [0.29, 0.717) is 5.56 Å². The van der Waals surface area contributed by atoms with Gasteiger partial charge in [0.25, 0.3) is 0 Å². The summed E-state index contributed by atoms with van der Waals surface area (Å²) in [5, 5.41) is 0.287. The fourth-order valence-corrected chi connectivity index (χ4v) is 2.43. The second-order valence-electron chi connectivity index (χ2n) is 4.64. The molecular formula is C17H16ClFO. The van der Waals surface area contributed by atoms with E-state index in [1.54, 1.807) is 6.07 Å². The van der Waals surface area contributed by atoms with Crippen molar-refractivity contribution in [2.24, 2.45) is 0 Å². The number of hydrogen-bond donors (Lipinski definition) is 0. The van der Waals surface area contributed by atoms with Crippen LogP contribution in [-0.4, -0.2) is 5.78 Å². The predicted molar refractivity (Wildman–Crippen MR) is 80.0 cm³/mol. The van der Waals surface area contributed by atoms with Crippen molar-refractivity contribution in [3.8, 4) is 0 Å². The monoisotopic (exact) mass is 290 g/mol. The summed E-state index contributed by atoms with van der Waals surface area (Å²) in [6.07, 6.45) is 1.78. The highest BCUT2D eigenvalue weighted by molar-refractivity contribution is 6.30. The minimum Gasteiger partial charge on any atom is -0.288 e. The van der Waals surface area contributed by atoms with Gasteiger partial charge < -0.3 is 0 Å². The van der Waals surface area contributed by atoms with Crippen LogP contribution in [0.5, 0.6) is 0 Å². The Balaban J connectivity index is 2.43. The Morgan fingerprint density at radius 3 is 2.35 bits per heavy atom. The zero-order valence-electron chi connectivity index (χ0n) is 11.5. The molecule has 3 heteroatoms. The molecule has 0 fully saturated rings. The molecule has 2 rings (SSSR count). The van der Waals surface area contributed by atoms with E-state index in [1.165, 1.54) is 17.7 Å². The molecule has 0 unspecified atom stereocenters. The van der Waals surface area contributed by atoms with E-state index in [9.17, 15) is 9.18 Å². The smallest absolute Gasteiger partial charge is 0.195 e. The van der Waals surface area contributed by atoms with E-state index in [2.05, 4.69) is 6.92 Å². The van der Waals surface area contributed by atoms with Gasteiger partial charge in [0, 0.05) is 10.6 Å². The number of benzene rings is 2. The van der Waals surface area contributed by atoms with Crippen LogP contribution in [0.4, 0.5) is 4.39 Å². The lowest BCUT2D eigenvalue weighted by Crippen LogP contribution is -2.06. The SMILES string of the molecule is CCc1ccc(C(=O)c2ccc(Cl)cc2F)cc1CC. The van der Waals surface area contributed by atoms with E-state index in [1.807, 2.05) is 19.1 Å². The molecule has 0 heterocycles. The molecule has 1 nitrogen and oxygen atoms in total. The molecule has 2 aromatic rings. The molecule has 0 amide bonds. The lowest BCUT2D eigenvalue weighted by atomic mass is 9.96. The molecule has 104 valence electrons. The van der Waals surface area contributed by atoms with Gasteiger partial charge in [-0.05, 0) is 48.2 Å². The van der Waals surface area contributed by atoms with Crippen molar-refractivity contribution >= 4 is 17.4 Å². The van der Waals surface area contributed by atoms with Gasteiger partial charge in [0.05, 0.1) is 5.56 Å². The highest BCUT2D eigenvalue weighted by Gasteiger charge is 2.15. The summed E-state index contributed by atoms with van der Waals surface area (Å²) in [6, 6.07) is 9.68. The maximum atomic E-state index is 13.8. The quantitative estimate of drug-likeness (QED) is 0.737. The van der Waals surface area contributed by atoms with Gasteiger partial charge in [0.15, 0.2) is 5.78 Å². The summed E-state index contributed by atoms with van der Waals surface area (Å²) < 4.78 is 13.8. The van der Waals surface area contributed by atoms with Crippen LogP contribution in [0.3, 0.4) is 0 Å². The zero-order valence-corrected chi connectivity index (χ0v) is 12.3. The molecule has 0 aliphatic heterocycles. The molecule has 0 saturated carbocycles. The molecule has 0 atom stereocenters. The average Bonchev–Trinajstić information content (AvgIpc) is 2.45. The van der Waals surface area contributed by atoms with Crippen LogP contribution in [-0.2, 0) is 12.8 Å². The Kier molecular flexibility index (Phi) is 4.56. The number of hydrogen-bond acceptors (Lipinski definition) is 1. The topological polar surface area (TPSA) is 17.1 Å². The summed E-state index contributed by atoms with van der Waals surface area (Å²) in [4.78, 5) is 12.4. The lowest BCUT2D eigenvalue weighted by Gasteiger charge is -2.09. The van der Waals surface area contributed by atoms with Crippen LogP contribution in [0.2, 0.25) is 5.02 Å². The molecule has 0 radical (unpaired) electrons. The molecular weight excluding hydrogens is 275 g/mol. The first-order valence-electron chi connectivity index (χ1n) is 6.68. The fraction of sp³-hybridized carbons (Fsp3) is 0.235. The van der Waals surface area contributed by atoms with Crippen molar-refractivity contribution in [1.29, 1.82) is 0 Å². The van der Waals surface area contributed by atoms with Crippen LogP contribution < -0.4 is 0 Å². The predicted octanol–water partition coefficient (Wildman–Crippen LogP) is 4.83. The van der Waals surface area contributed by atoms with Crippen molar-refractivity contribution in [3.63, 3.8) is 0 Å². The summed E-state index contributed by atoms with van der Waals surface area (Å²) in [6.45, 7) is 4.13. The van der Waals surface area contributed by atoms with Gasteiger partial charge in [-0.3, -0.25) is 4.79 Å². The molecule has 2 aromatic carbocycles. The Hall–Kier alpha value is -1.67. The lowest BCUT2D eigenvalue weighted by molar-refractivity contribution is 0.103. The van der Waals surface area contributed by atoms with Crippen molar-refractivity contribution in [2.75, 3.05) is 0 Å². The molecule has 0 aliphatic rings. The van der Waals surface area contributed by atoms with E-state index in [-0.39, 0.29) is 16.4 Å². The summed E-state index contributed by atoms with van der Waals surface area (Å²) in [5.41, 5.74) is 2.93. The number of carbonyl (C=O) groups is 1. The first kappa shape index (κ1) is 14.7. The minimum atomic E-state index is -0.583. The highest BCUT2D eigenvalue weighted by atomic mass is 35.5. The molecule has 0 aromatic heterocycles. The second-order valence-corrected chi connectivity index (χ2v) is 5.08. The van der Waals surface area contributed by atoms with Crippen molar-refractivity contribution in [3.05, 3.63) is 69.5 Å². The van der Waals surface area contributed by atoms with Crippen molar-refractivity contribution in [1.82, 2.24) is 0 Å². The van der Waals surface area contributed by atoms with Crippen molar-refractivity contribution < 1.29 is 9.18 Å². The van der Waals surface area contributed by atoms with E-state index >= 15 is 0 Å². The Morgan fingerprint density at radius 2 is 1.75 bits per heavy atom. The summed E-state index contributed by atoms with van der Waals surface area (Å²) in [5.74, 6) is -0.892. The number of halogens is 2. The zero-order chi connectivity index (χ0) is 14.7. The molecule has 20 heavy (non-hydrogen) atoms. The van der Waals surface area contributed by atoms with Gasteiger partial charge in [0.2, 0.25) is 0 Å². The Labute approximate surface area is 123 Å². The van der Waals surface area contributed by atoms with Gasteiger partial charge in [-0.2, -0.15) is 0 Å². The fourth-order valence-electron chi connectivity index (χ4n) is 2.27. The Morgan fingerprint density at radius 1 is 1.05 bits per heavy atom. The molecule has 0 N–H and O–H groups in total. The Bertz CT molecular complexity index is 649. The maximum absolute atomic E-state index is 13.8. The summed E-state index contributed by atoms with van der Waals surface area (Å²) in [7, 11) is 0. The maximum Gasteiger partial charge on any atom is 0.195 e. The van der Waals surface area contributed by atoms with Gasteiger partial charge in [-0.25, -0.2) is 4.39 Å². The minimum absolute atomic E-state index is 0.0562. The summed E-state index contributed by atoms with van der Waals surface area (Å²) >= 11 is 5.70. The third-order valence-electron chi connectivity index (χ3n) is 3.41. The molecule has 0 aliphatic carbocycles. The largest absolute Gasteiger partial charge is 0.288 e. The average molecular weight is 291 g/mol. The first-order chi connectivity index (χ1) is 9.56. The van der Waals surface area contributed by atoms with Crippen LogP contribution >= 0.6 is 11.6 Å². The van der Waals surface area contributed by atoms with Gasteiger partial charge in [-0.15, -0.1) is 0 Å². The van der Waals surface area contributed by atoms with Crippen LogP contribution in [0.15, 0.2) is 36.4 Å². The second kappa shape index (κ2) is 6.19. The van der Waals surface area contributed by atoms with Crippen LogP contribution in [0.25, 0.3) is 0 Å². The van der Waals surface area contributed by atoms with Crippen LogP contribution in [0.1, 0.15) is 40.9 Å². The molecule has 0 bridgehead atoms.